The van der Waals surface area contributed by atoms with Crippen molar-refractivity contribution in [2.24, 2.45) is 5.92 Å². The molecule has 13 heteroatoms. The van der Waals surface area contributed by atoms with Crippen LogP contribution in [0.2, 0.25) is 0 Å². The van der Waals surface area contributed by atoms with E-state index in [0.717, 1.165) is 50.1 Å². The molecule has 2 aliphatic rings. The van der Waals surface area contributed by atoms with Gasteiger partial charge in [0, 0.05) is 37.8 Å². The Balaban J connectivity index is 0.000000336. The van der Waals surface area contributed by atoms with E-state index in [1.54, 1.807) is 12.1 Å². The Kier molecular flexibility index (Phi) is 20.3. The molecule has 3 N–H and O–H groups in total. The van der Waals surface area contributed by atoms with Gasteiger partial charge in [-0.2, -0.15) is 5.26 Å². The Morgan fingerprint density at radius 1 is 1.09 bits per heavy atom. The van der Waals surface area contributed by atoms with Crippen molar-refractivity contribution in [1.29, 1.82) is 5.26 Å². The van der Waals surface area contributed by atoms with Crippen molar-refractivity contribution < 1.29 is 33.1 Å². The molecule has 5 rings (SSSR count). The molecule has 258 valence electrons. The van der Waals surface area contributed by atoms with Crippen LogP contribution in [-0.2, 0) is 14.2 Å². The largest absolute Gasteiger partial charge is 0.363 e. The maximum atomic E-state index is 13.6. The molecule has 2 unspecified atom stereocenters. The highest BCUT2D eigenvalue weighted by molar-refractivity contribution is 7.51. The number of carbonyl (C=O) groups is 3. The van der Waals surface area contributed by atoms with E-state index in [-0.39, 0.29) is 11.5 Å². The first-order valence-electron chi connectivity index (χ1n) is 15.6. The molecule has 47 heavy (non-hydrogen) atoms. The molecular weight excluding hydrogens is 642 g/mol. The van der Waals surface area contributed by atoms with Crippen molar-refractivity contribution in [3.63, 3.8) is 0 Å². The van der Waals surface area contributed by atoms with E-state index in [1.807, 2.05) is 48.1 Å². The normalized spacial score (nSPS) is 16.0. The number of nitriles is 1. The topological polar surface area (TPSA) is 151 Å². The first-order valence-corrected chi connectivity index (χ1v) is 18.1. The lowest BCUT2D eigenvalue weighted by molar-refractivity contribution is -0.130. The number of fused-ring (bicyclic) bond motifs is 1. The van der Waals surface area contributed by atoms with Gasteiger partial charge in [0.25, 0.3) is 5.91 Å². The van der Waals surface area contributed by atoms with E-state index in [9.17, 15) is 18.5 Å². The molecule has 10 nitrogen and oxygen atoms in total. The fourth-order valence-electron chi connectivity index (χ4n) is 4.72. The third-order valence-electron chi connectivity index (χ3n) is 7.26. The van der Waals surface area contributed by atoms with Crippen LogP contribution in [0.4, 0.5) is 4.39 Å². The number of rotatable bonds is 7. The number of hydrogen-bond donors (Lipinski definition) is 3. The van der Waals surface area contributed by atoms with E-state index >= 15 is 0 Å². The minimum atomic E-state index is -4.82. The van der Waals surface area contributed by atoms with E-state index in [1.165, 1.54) is 56.2 Å². The molecule has 2 amide bonds. The van der Waals surface area contributed by atoms with Crippen LogP contribution in [0.25, 0.3) is 10.1 Å². The molecule has 2 saturated heterocycles. The molecule has 2 fully saturated rings. The summed E-state index contributed by atoms with van der Waals surface area (Å²) in [5.74, 6) is -1.92. The highest BCUT2D eigenvalue weighted by Gasteiger charge is 2.30. The number of amides is 2. The van der Waals surface area contributed by atoms with E-state index in [0.29, 0.717) is 22.1 Å². The Labute approximate surface area is 281 Å². The van der Waals surface area contributed by atoms with Gasteiger partial charge in [-0.3, -0.25) is 14.2 Å². The van der Waals surface area contributed by atoms with E-state index in [4.69, 9.17) is 19.8 Å². The number of hydrogen-bond acceptors (Lipinski definition) is 7. The predicted octanol–water partition coefficient (Wildman–Crippen LogP) is 6.56. The SMILES string of the molecule is C=O.CCCCCC(=O)N1CCCC1.CN1CCC(C#N)C1.CNC(=O)c1cc2cc(C(F)P(=O)(O)O)ccc2s1.c1ccccc1. The molecule has 1 aromatic heterocycles. The number of carbonyl (C=O) groups excluding carboxylic acids is 3. The van der Waals surface area contributed by atoms with Gasteiger partial charge in [0.15, 0.2) is 0 Å². The standard InChI is InChI=1S/C11H11FNO4PS.C10H19NO.C6H10N2.C6H6.CH2O/c1-13-11(14)9-5-7-4-6(2-3-8(7)19-9)10(12)18(15,16)17;1-2-3-4-7-10(12)11-8-5-6-9-11;1-8-3-2-6(4-7)5-8;1-2-4-6-5-3-1;1-2/h2-5,10H,1H3,(H,13,14)(H2,15,16,17);2-9H2,1H3;6H,2-3,5H2,1H3;1-6H;1H2. The first-order chi connectivity index (χ1) is 22.5. The monoisotopic (exact) mass is 690 g/mol. The quantitative estimate of drug-likeness (QED) is 0.186. The molecule has 3 aromatic rings. The van der Waals surface area contributed by atoms with Crippen LogP contribution in [0.5, 0.6) is 0 Å². The summed E-state index contributed by atoms with van der Waals surface area (Å²) < 4.78 is 25.2. The Bertz CT molecular complexity index is 1400. The third-order valence-corrected chi connectivity index (χ3v) is 9.26. The second kappa shape index (κ2) is 23.0. The average Bonchev–Trinajstić information content (AvgIpc) is 3.87. The molecule has 0 aliphatic carbocycles. The molecule has 2 aromatic carbocycles. The van der Waals surface area contributed by atoms with Crippen molar-refractivity contribution in [2.45, 2.75) is 57.8 Å². The van der Waals surface area contributed by atoms with Gasteiger partial charge in [-0.25, -0.2) is 4.39 Å². The maximum absolute atomic E-state index is 13.6. The van der Waals surface area contributed by atoms with Gasteiger partial charge in [0.1, 0.15) is 6.79 Å². The van der Waals surface area contributed by atoms with Crippen molar-refractivity contribution in [3.05, 3.63) is 71.1 Å². The van der Waals surface area contributed by atoms with Crippen molar-refractivity contribution in [2.75, 3.05) is 40.3 Å². The predicted molar refractivity (Wildman–Crippen MR) is 186 cm³/mol. The van der Waals surface area contributed by atoms with Gasteiger partial charge in [-0.05, 0) is 68.4 Å². The molecule has 2 atom stereocenters. The fourth-order valence-corrected chi connectivity index (χ4v) is 6.25. The fraction of sp³-hybridized carbons (Fsp3) is 0.471. The van der Waals surface area contributed by atoms with Gasteiger partial charge in [0.05, 0.1) is 16.9 Å². The second-order valence-electron chi connectivity index (χ2n) is 11.0. The molecular formula is C34H48FN4O6PS. The number of thiophene rings is 1. The average molecular weight is 691 g/mol. The van der Waals surface area contributed by atoms with Gasteiger partial charge in [0.2, 0.25) is 11.8 Å². The number of alkyl halides is 1. The maximum Gasteiger partial charge on any atom is 0.363 e. The highest BCUT2D eigenvalue weighted by atomic mass is 32.1. The lowest BCUT2D eigenvalue weighted by Gasteiger charge is -2.14. The van der Waals surface area contributed by atoms with Gasteiger partial charge >= 0.3 is 7.60 Å². The summed E-state index contributed by atoms with van der Waals surface area (Å²) in [7, 11) is -1.26. The lowest BCUT2D eigenvalue weighted by atomic mass is 10.1. The number of unbranched alkanes of at least 4 members (excludes halogenated alkanes) is 2. The minimum absolute atomic E-state index is 0.0953. The van der Waals surface area contributed by atoms with Crippen LogP contribution in [0, 0.1) is 17.2 Å². The number of nitrogens with zero attached hydrogens (tertiary/aromatic N) is 3. The highest BCUT2D eigenvalue weighted by Crippen LogP contribution is 2.53. The number of benzene rings is 2. The van der Waals surface area contributed by atoms with E-state index < -0.39 is 13.5 Å². The number of halogens is 1. The summed E-state index contributed by atoms with van der Waals surface area (Å²) in [5.41, 5.74) is -0.0953. The van der Waals surface area contributed by atoms with Crippen LogP contribution in [-0.4, -0.2) is 78.5 Å². The molecule has 0 radical (unpaired) electrons. The molecule has 0 saturated carbocycles. The number of nitrogens with one attached hydrogen (secondary N) is 1. The van der Waals surface area contributed by atoms with Crippen LogP contribution in [0.3, 0.4) is 0 Å². The Morgan fingerprint density at radius 3 is 2.13 bits per heavy atom. The summed E-state index contributed by atoms with van der Waals surface area (Å²) in [4.78, 5) is 53.2. The molecule has 0 bridgehead atoms. The number of likely N-dealkylation sites (tertiary alicyclic amines) is 2. The summed E-state index contributed by atoms with van der Waals surface area (Å²) >= 11 is 1.23. The summed E-state index contributed by atoms with van der Waals surface area (Å²) in [6.07, 6.45) is 7.72. The van der Waals surface area contributed by atoms with Crippen LogP contribution >= 0.6 is 18.9 Å². The third kappa shape index (κ3) is 15.8. The summed E-state index contributed by atoms with van der Waals surface area (Å²) in [5, 5.41) is 11.5. The summed E-state index contributed by atoms with van der Waals surface area (Å²) in [6.45, 7) is 8.24. The second-order valence-corrected chi connectivity index (χ2v) is 13.7. The van der Waals surface area contributed by atoms with Crippen LogP contribution < -0.4 is 5.32 Å². The first kappa shape index (κ1) is 41.6. The Hall–Kier alpha value is -3.46. The molecule has 2 aliphatic heterocycles. The minimum Gasteiger partial charge on any atom is -0.354 e. The van der Waals surface area contributed by atoms with Crippen molar-refractivity contribution in [3.8, 4) is 6.07 Å². The van der Waals surface area contributed by atoms with Gasteiger partial charge < -0.3 is 29.7 Å². The van der Waals surface area contributed by atoms with Crippen LogP contribution in [0.15, 0.2) is 60.7 Å². The van der Waals surface area contributed by atoms with Crippen LogP contribution in [0.1, 0.15) is 73.0 Å². The van der Waals surface area contributed by atoms with Gasteiger partial charge in [-0.15, -0.1) is 11.3 Å². The van der Waals surface area contributed by atoms with Gasteiger partial charge in [-0.1, -0.05) is 62.2 Å². The zero-order valence-corrected chi connectivity index (χ0v) is 29.2. The smallest absolute Gasteiger partial charge is 0.354 e. The molecule has 0 spiro atoms. The zero-order valence-electron chi connectivity index (χ0n) is 27.5. The van der Waals surface area contributed by atoms with Crippen molar-refractivity contribution >= 4 is 47.6 Å². The van der Waals surface area contributed by atoms with Crippen molar-refractivity contribution in [1.82, 2.24) is 15.1 Å². The lowest BCUT2D eigenvalue weighted by Crippen LogP contribution is -2.27. The zero-order chi connectivity index (χ0) is 35.2. The summed E-state index contributed by atoms with van der Waals surface area (Å²) in [6, 6.07) is 20.0. The molecule has 3 heterocycles. The van der Waals surface area contributed by atoms with E-state index in [2.05, 4.69) is 30.3 Å². The Morgan fingerprint density at radius 2 is 1.68 bits per heavy atom.